The Kier molecular flexibility index (Phi) is 15.8. The highest BCUT2D eigenvalue weighted by atomic mass is 16.1. The minimum atomic E-state index is -0.0978. The second-order valence-corrected chi connectivity index (χ2v) is 11.4. The van der Waals surface area contributed by atoms with Crippen molar-refractivity contribution in [2.75, 3.05) is 0 Å². The highest BCUT2D eigenvalue weighted by molar-refractivity contribution is 6.02. The Hall–Kier alpha value is -2.55. The molecule has 0 N–H and O–H groups in total. The van der Waals surface area contributed by atoms with Crippen molar-refractivity contribution in [2.24, 2.45) is 17.8 Å². The van der Waals surface area contributed by atoms with Crippen LogP contribution in [0.2, 0.25) is 0 Å². The van der Waals surface area contributed by atoms with E-state index in [9.17, 15) is 14.4 Å². The molecule has 0 radical (unpaired) electrons. The average molecular weight is 535 g/mol. The van der Waals surface area contributed by atoms with Crippen molar-refractivity contribution in [3.05, 3.63) is 58.7 Å². The molecule has 3 unspecified atom stereocenters. The van der Waals surface area contributed by atoms with Crippen molar-refractivity contribution in [1.82, 2.24) is 0 Å². The maximum absolute atomic E-state index is 13.3. The fourth-order valence-electron chi connectivity index (χ4n) is 5.74. The molecule has 3 nitrogen and oxygen atoms in total. The van der Waals surface area contributed by atoms with E-state index in [1.165, 1.54) is 30.9 Å². The molecule has 0 aliphatic heterocycles. The quantitative estimate of drug-likeness (QED) is 0.285. The summed E-state index contributed by atoms with van der Waals surface area (Å²) in [5, 5.41) is 0. The van der Waals surface area contributed by atoms with Crippen LogP contribution in [0.15, 0.2) is 36.4 Å². The van der Waals surface area contributed by atoms with Gasteiger partial charge in [-0.2, -0.15) is 0 Å². The van der Waals surface area contributed by atoms with Crippen molar-refractivity contribution < 1.29 is 14.4 Å². The molecular formula is C36H54O3. The molecule has 216 valence electrons. The summed E-state index contributed by atoms with van der Waals surface area (Å²) in [7, 11) is 0. The van der Waals surface area contributed by atoms with E-state index in [1.54, 1.807) is 0 Å². The number of carbonyl (C=O) groups excluding carboxylic acids is 3. The van der Waals surface area contributed by atoms with Gasteiger partial charge in [0, 0.05) is 17.9 Å². The molecule has 2 aromatic carbocycles. The zero-order chi connectivity index (χ0) is 29.5. The summed E-state index contributed by atoms with van der Waals surface area (Å²) in [6, 6.07) is 12.7. The van der Waals surface area contributed by atoms with E-state index in [0.717, 1.165) is 54.4 Å². The van der Waals surface area contributed by atoms with Crippen LogP contribution in [0.3, 0.4) is 0 Å². The summed E-state index contributed by atoms with van der Waals surface area (Å²) in [5.41, 5.74) is 6.64. The number of fused-ring (bicyclic) bond motifs is 1. The van der Waals surface area contributed by atoms with Gasteiger partial charge < -0.3 is 0 Å². The predicted octanol–water partition coefficient (Wildman–Crippen LogP) is 9.93. The van der Waals surface area contributed by atoms with Gasteiger partial charge in [0.05, 0.1) is 6.42 Å². The van der Waals surface area contributed by atoms with Gasteiger partial charge in [-0.15, -0.1) is 0 Å². The van der Waals surface area contributed by atoms with Crippen molar-refractivity contribution >= 4 is 17.3 Å². The van der Waals surface area contributed by atoms with Crippen molar-refractivity contribution in [1.29, 1.82) is 0 Å². The lowest BCUT2D eigenvalue weighted by Crippen LogP contribution is -2.30. The molecule has 0 heterocycles. The second kappa shape index (κ2) is 17.9. The van der Waals surface area contributed by atoms with Gasteiger partial charge in [0.15, 0.2) is 5.78 Å². The summed E-state index contributed by atoms with van der Waals surface area (Å²) in [6.45, 7) is 18.3. The number of ketones is 3. The van der Waals surface area contributed by atoms with Crippen LogP contribution in [-0.2, 0) is 16.0 Å². The lowest BCUT2D eigenvalue weighted by molar-refractivity contribution is -0.129. The fourth-order valence-corrected chi connectivity index (χ4v) is 5.74. The Morgan fingerprint density at radius 1 is 0.872 bits per heavy atom. The molecule has 1 aliphatic rings. The van der Waals surface area contributed by atoms with E-state index in [2.05, 4.69) is 77.9 Å². The Bertz CT molecular complexity index is 1050. The molecule has 1 aliphatic carbocycles. The maximum Gasteiger partial charge on any atom is 0.163 e. The van der Waals surface area contributed by atoms with Crippen LogP contribution in [-0.4, -0.2) is 17.3 Å². The minimum Gasteiger partial charge on any atom is -0.300 e. The molecular weight excluding hydrogens is 480 g/mol. The third-order valence-corrected chi connectivity index (χ3v) is 7.27. The van der Waals surface area contributed by atoms with Crippen molar-refractivity contribution in [3.8, 4) is 11.1 Å². The van der Waals surface area contributed by atoms with Crippen molar-refractivity contribution in [2.45, 2.75) is 120 Å². The van der Waals surface area contributed by atoms with Crippen LogP contribution in [0.4, 0.5) is 0 Å². The third kappa shape index (κ3) is 10.5. The molecule has 0 bridgehead atoms. The molecule has 2 aromatic rings. The zero-order valence-corrected chi connectivity index (χ0v) is 26.3. The summed E-state index contributed by atoms with van der Waals surface area (Å²) in [5.74, 6) is 0.590. The van der Waals surface area contributed by atoms with Crippen LogP contribution in [0.1, 0.15) is 127 Å². The summed E-state index contributed by atoms with van der Waals surface area (Å²) >= 11 is 0. The van der Waals surface area contributed by atoms with Gasteiger partial charge in [-0.3, -0.25) is 14.4 Å². The van der Waals surface area contributed by atoms with Crippen LogP contribution in [0, 0.1) is 31.6 Å². The smallest absolute Gasteiger partial charge is 0.163 e. The summed E-state index contributed by atoms with van der Waals surface area (Å²) in [6.07, 6.45) is 7.51. The number of aryl methyl sites for hydroxylation is 2. The standard InChI is InChI=1S/C30H38O3.2C3H8/c1-6-8-24(25(7-2)28(32)15-21(5)31)16-22-17-27-26(23-12-9-19(3)10-13-23)14-11-20(4)30(27)29(33)18-22;2*1-3-2/h9-14,22,24-25H,6-8,15-18H2,1-5H3;2*3H2,1-2H3. The first-order chi connectivity index (χ1) is 18.6. The molecule has 0 amide bonds. The third-order valence-electron chi connectivity index (χ3n) is 7.27. The van der Waals surface area contributed by atoms with Gasteiger partial charge in [-0.1, -0.05) is 109 Å². The molecule has 3 rings (SSSR count). The molecule has 0 aromatic heterocycles. The highest BCUT2D eigenvalue weighted by Gasteiger charge is 2.33. The van der Waals surface area contributed by atoms with E-state index < -0.39 is 0 Å². The first-order valence-corrected chi connectivity index (χ1v) is 15.3. The largest absolute Gasteiger partial charge is 0.300 e. The molecule has 0 spiro atoms. The Balaban J connectivity index is 0.00000116. The number of hydrogen-bond donors (Lipinski definition) is 0. The van der Waals surface area contributed by atoms with Crippen molar-refractivity contribution in [3.63, 3.8) is 0 Å². The maximum atomic E-state index is 13.3. The predicted molar refractivity (Wildman–Crippen MR) is 167 cm³/mol. The Morgan fingerprint density at radius 2 is 1.46 bits per heavy atom. The second-order valence-electron chi connectivity index (χ2n) is 11.4. The molecule has 0 saturated carbocycles. The van der Waals surface area contributed by atoms with Gasteiger partial charge in [0.1, 0.15) is 11.6 Å². The van der Waals surface area contributed by atoms with Crippen LogP contribution >= 0.6 is 0 Å². The molecule has 39 heavy (non-hydrogen) atoms. The number of Topliss-reactive ketones (excluding diaryl/α,β-unsaturated/α-hetero) is 3. The minimum absolute atomic E-state index is 0.0297. The molecule has 3 heteroatoms. The van der Waals surface area contributed by atoms with Gasteiger partial charge in [-0.05, 0) is 74.1 Å². The fraction of sp³-hybridized carbons (Fsp3) is 0.583. The molecule has 0 fully saturated rings. The number of rotatable bonds is 10. The first-order valence-electron chi connectivity index (χ1n) is 15.3. The number of carbonyl (C=O) groups is 3. The first kappa shape index (κ1) is 34.5. The summed E-state index contributed by atoms with van der Waals surface area (Å²) in [4.78, 5) is 37.7. The number of hydrogen-bond acceptors (Lipinski definition) is 3. The van der Waals surface area contributed by atoms with Gasteiger partial charge >= 0.3 is 0 Å². The summed E-state index contributed by atoms with van der Waals surface area (Å²) < 4.78 is 0. The van der Waals surface area contributed by atoms with E-state index in [0.29, 0.717) is 6.42 Å². The molecule has 3 atom stereocenters. The van der Waals surface area contributed by atoms with E-state index in [1.807, 2.05) is 13.8 Å². The Labute approximate surface area is 239 Å². The van der Waals surface area contributed by atoms with E-state index in [-0.39, 0.29) is 41.5 Å². The van der Waals surface area contributed by atoms with E-state index >= 15 is 0 Å². The zero-order valence-electron chi connectivity index (χ0n) is 26.3. The SMILES string of the molecule is CCC.CCC.CCCC(CC1CC(=O)c2c(C)ccc(-c3ccc(C)cc3)c2C1)C(CC)C(=O)CC(C)=O. The van der Waals surface area contributed by atoms with Crippen LogP contribution in [0.5, 0.6) is 0 Å². The van der Waals surface area contributed by atoms with Gasteiger partial charge in [0.2, 0.25) is 0 Å². The molecule has 0 saturated heterocycles. The average Bonchev–Trinajstić information content (AvgIpc) is 2.86. The van der Waals surface area contributed by atoms with Crippen LogP contribution in [0.25, 0.3) is 11.1 Å². The lowest BCUT2D eigenvalue weighted by atomic mass is 9.71. The van der Waals surface area contributed by atoms with Gasteiger partial charge in [0.25, 0.3) is 0 Å². The highest BCUT2D eigenvalue weighted by Crippen LogP contribution is 2.40. The van der Waals surface area contributed by atoms with E-state index in [4.69, 9.17) is 0 Å². The normalized spacial score (nSPS) is 15.6. The Morgan fingerprint density at radius 3 is 1.97 bits per heavy atom. The van der Waals surface area contributed by atoms with Crippen LogP contribution < -0.4 is 0 Å². The lowest BCUT2D eigenvalue weighted by Gasteiger charge is -2.32. The van der Waals surface area contributed by atoms with Gasteiger partial charge in [-0.25, -0.2) is 0 Å². The topological polar surface area (TPSA) is 51.2 Å². The monoisotopic (exact) mass is 534 g/mol. The number of benzene rings is 2.